The van der Waals surface area contributed by atoms with Crippen molar-refractivity contribution in [2.24, 2.45) is 5.92 Å². The lowest BCUT2D eigenvalue weighted by Gasteiger charge is -2.28. The smallest absolute Gasteiger partial charge is 0.335 e. The van der Waals surface area contributed by atoms with Gasteiger partial charge < -0.3 is 19.5 Å². The van der Waals surface area contributed by atoms with E-state index >= 15 is 0 Å². The summed E-state index contributed by atoms with van der Waals surface area (Å²) in [5.41, 5.74) is 0.202. The Hall–Kier alpha value is -1.75. The molecule has 0 bridgehead atoms. The highest BCUT2D eigenvalue weighted by molar-refractivity contribution is 5.88. The summed E-state index contributed by atoms with van der Waals surface area (Å²) in [6.07, 6.45) is 2.26. The summed E-state index contributed by atoms with van der Waals surface area (Å²) in [6.45, 7) is 2.85. The van der Waals surface area contributed by atoms with Gasteiger partial charge in [0.15, 0.2) is 11.5 Å². The Bertz CT molecular complexity index is 467. The molecule has 5 nitrogen and oxygen atoms in total. The van der Waals surface area contributed by atoms with Crippen LogP contribution in [0.2, 0.25) is 0 Å². The summed E-state index contributed by atoms with van der Waals surface area (Å²) in [4.78, 5) is 13.2. The second kappa shape index (κ2) is 6.61. The standard InChI is InChI=1S/C15H21NO4/c1-16-7-5-11(6-8-16)10-20-13-4-3-12(15(17)18)9-14(13)19-2/h3-4,9,11H,5-8,10H2,1-2H3,(H,17,18). The third-order valence-corrected chi connectivity index (χ3v) is 3.72. The molecule has 0 atom stereocenters. The first-order valence-corrected chi connectivity index (χ1v) is 6.83. The lowest BCUT2D eigenvalue weighted by atomic mass is 9.98. The summed E-state index contributed by atoms with van der Waals surface area (Å²) in [5.74, 6) is 0.662. The number of rotatable bonds is 5. The molecule has 110 valence electrons. The number of carboxylic acids is 1. The number of hydrogen-bond donors (Lipinski definition) is 1. The van der Waals surface area contributed by atoms with Gasteiger partial charge in [0, 0.05) is 0 Å². The van der Waals surface area contributed by atoms with Crippen LogP contribution in [0.15, 0.2) is 18.2 Å². The van der Waals surface area contributed by atoms with Gasteiger partial charge in [-0.1, -0.05) is 0 Å². The van der Waals surface area contributed by atoms with Gasteiger partial charge in [-0.15, -0.1) is 0 Å². The zero-order valence-corrected chi connectivity index (χ0v) is 12.0. The van der Waals surface area contributed by atoms with E-state index in [1.165, 1.54) is 19.2 Å². The lowest BCUT2D eigenvalue weighted by Crippen LogP contribution is -2.32. The highest BCUT2D eigenvalue weighted by Gasteiger charge is 2.18. The highest BCUT2D eigenvalue weighted by atomic mass is 16.5. The van der Waals surface area contributed by atoms with Crippen LogP contribution in [0.4, 0.5) is 0 Å². The molecule has 1 aliphatic rings. The van der Waals surface area contributed by atoms with Crippen LogP contribution in [-0.4, -0.2) is 49.8 Å². The summed E-state index contributed by atoms with van der Waals surface area (Å²) in [5, 5.41) is 8.95. The number of benzene rings is 1. The van der Waals surface area contributed by atoms with Crippen molar-refractivity contribution in [1.82, 2.24) is 4.90 Å². The minimum Gasteiger partial charge on any atom is -0.493 e. The van der Waals surface area contributed by atoms with E-state index in [1.807, 2.05) is 0 Å². The van der Waals surface area contributed by atoms with Crippen LogP contribution in [0.1, 0.15) is 23.2 Å². The minimum atomic E-state index is -0.967. The maximum absolute atomic E-state index is 10.9. The molecule has 1 N–H and O–H groups in total. The van der Waals surface area contributed by atoms with E-state index < -0.39 is 5.97 Å². The first kappa shape index (κ1) is 14.7. The van der Waals surface area contributed by atoms with Crippen molar-refractivity contribution >= 4 is 5.97 Å². The summed E-state index contributed by atoms with van der Waals surface area (Å²) in [7, 11) is 3.65. The minimum absolute atomic E-state index is 0.202. The molecule has 1 aliphatic heterocycles. The predicted molar refractivity (Wildman–Crippen MR) is 75.7 cm³/mol. The van der Waals surface area contributed by atoms with Crippen LogP contribution in [0, 0.1) is 5.92 Å². The van der Waals surface area contributed by atoms with Crippen molar-refractivity contribution in [3.8, 4) is 11.5 Å². The zero-order chi connectivity index (χ0) is 14.5. The number of carbonyl (C=O) groups is 1. The number of ether oxygens (including phenoxy) is 2. The van der Waals surface area contributed by atoms with Crippen LogP contribution in [-0.2, 0) is 0 Å². The summed E-state index contributed by atoms with van der Waals surface area (Å²) in [6, 6.07) is 4.69. The van der Waals surface area contributed by atoms with E-state index in [1.54, 1.807) is 6.07 Å². The molecule has 0 aliphatic carbocycles. The van der Waals surface area contributed by atoms with Crippen LogP contribution in [0.25, 0.3) is 0 Å². The molecule has 0 amide bonds. The average Bonchev–Trinajstić information content (AvgIpc) is 2.46. The number of methoxy groups -OCH3 is 1. The van der Waals surface area contributed by atoms with E-state index in [-0.39, 0.29) is 5.56 Å². The molecule has 2 rings (SSSR count). The lowest BCUT2D eigenvalue weighted by molar-refractivity contribution is 0.0696. The quantitative estimate of drug-likeness (QED) is 0.894. The number of nitrogens with zero attached hydrogens (tertiary/aromatic N) is 1. The number of likely N-dealkylation sites (tertiary alicyclic amines) is 1. The van der Waals surface area contributed by atoms with Crippen molar-refractivity contribution in [1.29, 1.82) is 0 Å². The van der Waals surface area contributed by atoms with E-state index in [2.05, 4.69) is 11.9 Å². The van der Waals surface area contributed by atoms with Crippen molar-refractivity contribution in [2.45, 2.75) is 12.8 Å². The Morgan fingerprint density at radius 2 is 2.05 bits per heavy atom. The van der Waals surface area contributed by atoms with Gasteiger partial charge >= 0.3 is 5.97 Å². The number of hydrogen-bond acceptors (Lipinski definition) is 4. The van der Waals surface area contributed by atoms with Crippen molar-refractivity contribution in [2.75, 3.05) is 33.9 Å². The Morgan fingerprint density at radius 3 is 2.65 bits per heavy atom. The Balaban J connectivity index is 1.97. The van der Waals surface area contributed by atoms with Gasteiger partial charge in [-0.2, -0.15) is 0 Å². The average molecular weight is 279 g/mol. The van der Waals surface area contributed by atoms with Gasteiger partial charge in [-0.25, -0.2) is 4.79 Å². The predicted octanol–water partition coefficient (Wildman–Crippen LogP) is 2.11. The third kappa shape index (κ3) is 3.63. The molecule has 1 heterocycles. The fourth-order valence-electron chi connectivity index (χ4n) is 2.36. The normalized spacial score (nSPS) is 16.9. The fourth-order valence-corrected chi connectivity index (χ4v) is 2.36. The van der Waals surface area contributed by atoms with Gasteiger partial charge in [0.1, 0.15) is 0 Å². The SMILES string of the molecule is COc1cc(C(=O)O)ccc1OCC1CCN(C)CC1. The monoisotopic (exact) mass is 279 g/mol. The number of carboxylic acid groups (broad SMARTS) is 1. The van der Waals surface area contributed by atoms with E-state index in [9.17, 15) is 4.79 Å². The van der Waals surface area contributed by atoms with Gasteiger partial charge in [0.25, 0.3) is 0 Å². The summed E-state index contributed by atoms with van der Waals surface area (Å²) >= 11 is 0. The molecule has 1 saturated heterocycles. The number of piperidine rings is 1. The first-order valence-electron chi connectivity index (χ1n) is 6.83. The van der Waals surface area contributed by atoms with Gasteiger partial charge in [-0.05, 0) is 57.1 Å². The van der Waals surface area contributed by atoms with E-state index in [0.717, 1.165) is 25.9 Å². The van der Waals surface area contributed by atoms with Crippen molar-refractivity contribution in [3.63, 3.8) is 0 Å². The largest absolute Gasteiger partial charge is 0.493 e. The molecule has 5 heteroatoms. The molecule has 0 unspecified atom stereocenters. The van der Waals surface area contributed by atoms with Gasteiger partial charge in [0.2, 0.25) is 0 Å². The summed E-state index contributed by atoms with van der Waals surface area (Å²) < 4.78 is 11.0. The molecule has 0 radical (unpaired) electrons. The maximum Gasteiger partial charge on any atom is 0.335 e. The van der Waals surface area contributed by atoms with Gasteiger partial charge in [0.05, 0.1) is 19.3 Å². The molecular formula is C15H21NO4. The van der Waals surface area contributed by atoms with Crippen LogP contribution in [0.5, 0.6) is 11.5 Å². The second-order valence-corrected chi connectivity index (χ2v) is 5.23. The highest BCUT2D eigenvalue weighted by Crippen LogP contribution is 2.29. The Morgan fingerprint density at radius 1 is 1.35 bits per heavy atom. The maximum atomic E-state index is 10.9. The zero-order valence-electron chi connectivity index (χ0n) is 12.0. The Labute approximate surface area is 119 Å². The molecule has 0 aromatic heterocycles. The van der Waals surface area contributed by atoms with Crippen LogP contribution < -0.4 is 9.47 Å². The molecule has 1 aromatic carbocycles. The molecule has 1 fully saturated rings. The van der Waals surface area contributed by atoms with E-state index in [0.29, 0.717) is 24.0 Å². The van der Waals surface area contributed by atoms with Crippen LogP contribution in [0.3, 0.4) is 0 Å². The first-order chi connectivity index (χ1) is 9.60. The topological polar surface area (TPSA) is 59.0 Å². The van der Waals surface area contributed by atoms with Crippen molar-refractivity contribution in [3.05, 3.63) is 23.8 Å². The molecular weight excluding hydrogens is 258 g/mol. The number of aromatic carboxylic acids is 1. The van der Waals surface area contributed by atoms with Gasteiger partial charge in [-0.3, -0.25) is 0 Å². The molecule has 0 spiro atoms. The van der Waals surface area contributed by atoms with E-state index in [4.69, 9.17) is 14.6 Å². The van der Waals surface area contributed by atoms with Crippen LogP contribution >= 0.6 is 0 Å². The van der Waals surface area contributed by atoms with Crippen molar-refractivity contribution < 1.29 is 19.4 Å². The molecule has 1 aromatic rings. The molecule has 20 heavy (non-hydrogen) atoms. The second-order valence-electron chi connectivity index (χ2n) is 5.23. The molecule has 0 saturated carbocycles. The third-order valence-electron chi connectivity index (χ3n) is 3.72. The Kier molecular flexibility index (Phi) is 4.84. The fraction of sp³-hybridized carbons (Fsp3) is 0.533.